The van der Waals surface area contributed by atoms with Gasteiger partial charge in [-0.3, -0.25) is 5.32 Å². The molecule has 1 fully saturated rings. The minimum Gasteiger partial charge on any atom is -0.354 e. The highest BCUT2D eigenvalue weighted by Gasteiger charge is 2.42. The van der Waals surface area contributed by atoms with Crippen LogP contribution in [0.25, 0.3) is 0 Å². The molecule has 1 aliphatic heterocycles. The summed E-state index contributed by atoms with van der Waals surface area (Å²) in [5, 5.41) is 3.50. The normalized spacial score (nSPS) is 30.9. The minimum absolute atomic E-state index is 0.0607. The fourth-order valence-corrected chi connectivity index (χ4v) is 3.19. The lowest BCUT2D eigenvalue weighted by atomic mass is 10.1. The summed E-state index contributed by atoms with van der Waals surface area (Å²) < 4.78 is 6.98. The average Bonchev–Trinajstić information content (AvgIpc) is 2.57. The van der Waals surface area contributed by atoms with Gasteiger partial charge in [0.1, 0.15) is 0 Å². The smallest absolute Gasteiger partial charge is 0.152 e. The summed E-state index contributed by atoms with van der Waals surface area (Å²) in [4.78, 5) is 1.22. The predicted octanol–water partition coefficient (Wildman–Crippen LogP) is 3.08. The molecule has 1 N–H and O–H groups in total. The van der Waals surface area contributed by atoms with E-state index in [1.165, 1.54) is 4.88 Å². The van der Waals surface area contributed by atoms with Gasteiger partial charge in [0.05, 0.1) is 15.3 Å². The van der Waals surface area contributed by atoms with Crippen LogP contribution in [0.5, 0.6) is 0 Å². The van der Waals surface area contributed by atoms with Crippen LogP contribution in [-0.2, 0) is 10.5 Å². The zero-order valence-electron chi connectivity index (χ0n) is 8.56. The first-order valence-electron chi connectivity index (χ1n) is 4.60. The molecule has 1 aliphatic rings. The van der Waals surface area contributed by atoms with E-state index in [1.807, 2.05) is 0 Å². The van der Waals surface area contributed by atoms with Crippen LogP contribution in [0.1, 0.15) is 25.6 Å². The topological polar surface area (TPSA) is 21.3 Å². The maximum absolute atomic E-state index is 5.83. The summed E-state index contributed by atoms with van der Waals surface area (Å²) in [6, 6.07) is 4.16. The zero-order valence-corrected chi connectivity index (χ0v) is 11.0. The van der Waals surface area contributed by atoms with E-state index >= 15 is 0 Å². The Balaban J connectivity index is 2.27. The Morgan fingerprint density at radius 1 is 1.43 bits per heavy atom. The molecule has 0 saturated carbocycles. The highest BCUT2D eigenvalue weighted by Crippen LogP contribution is 2.37. The molecule has 0 aromatic carbocycles. The van der Waals surface area contributed by atoms with Gasteiger partial charge in [-0.2, -0.15) is 0 Å². The number of rotatable bonds is 1. The molecular formula is C10H14BrNOS. The van der Waals surface area contributed by atoms with Crippen LogP contribution < -0.4 is 5.32 Å². The van der Waals surface area contributed by atoms with Crippen LogP contribution in [0.15, 0.2) is 15.9 Å². The van der Waals surface area contributed by atoms with Gasteiger partial charge < -0.3 is 4.74 Å². The van der Waals surface area contributed by atoms with Crippen molar-refractivity contribution >= 4 is 27.3 Å². The summed E-state index contributed by atoms with van der Waals surface area (Å²) >= 11 is 5.18. The Hall–Kier alpha value is 0.1000. The highest BCUT2D eigenvalue weighted by molar-refractivity contribution is 9.11. The van der Waals surface area contributed by atoms with Crippen LogP contribution >= 0.6 is 27.3 Å². The van der Waals surface area contributed by atoms with Crippen molar-refractivity contribution in [2.24, 2.45) is 0 Å². The van der Waals surface area contributed by atoms with E-state index < -0.39 is 0 Å². The van der Waals surface area contributed by atoms with Crippen molar-refractivity contribution in [2.75, 3.05) is 6.61 Å². The number of ether oxygens (including phenoxy) is 1. The maximum atomic E-state index is 5.83. The summed E-state index contributed by atoms with van der Waals surface area (Å²) in [6.45, 7) is 7.14. The molecule has 2 heterocycles. The van der Waals surface area contributed by atoms with E-state index in [-0.39, 0.29) is 11.3 Å². The molecule has 1 atom stereocenters. The number of nitrogens with one attached hydrogen (secondary N) is 1. The van der Waals surface area contributed by atoms with Crippen molar-refractivity contribution in [3.63, 3.8) is 0 Å². The molecule has 1 aromatic heterocycles. The first-order valence-corrected chi connectivity index (χ1v) is 6.21. The molecular weight excluding hydrogens is 262 g/mol. The third kappa shape index (κ3) is 1.89. The summed E-state index contributed by atoms with van der Waals surface area (Å²) in [5.41, 5.74) is -0.259. The second kappa shape index (κ2) is 3.30. The molecule has 1 aromatic rings. The van der Waals surface area contributed by atoms with Gasteiger partial charge in [-0.1, -0.05) is 0 Å². The fourth-order valence-electron chi connectivity index (χ4n) is 1.75. The Bertz CT molecular complexity index is 350. The number of halogens is 1. The zero-order chi connectivity index (χ0) is 10.4. The van der Waals surface area contributed by atoms with Gasteiger partial charge in [0, 0.05) is 5.54 Å². The Morgan fingerprint density at radius 2 is 2.14 bits per heavy atom. The van der Waals surface area contributed by atoms with Crippen LogP contribution in [0.2, 0.25) is 0 Å². The van der Waals surface area contributed by atoms with Crippen LogP contribution in [0.4, 0.5) is 0 Å². The molecule has 0 aliphatic carbocycles. The molecule has 0 amide bonds. The molecule has 14 heavy (non-hydrogen) atoms. The van der Waals surface area contributed by atoms with Gasteiger partial charge in [0.15, 0.2) is 5.72 Å². The van der Waals surface area contributed by atoms with Crippen molar-refractivity contribution < 1.29 is 4.74 Å². The van der Waals surface area contributed by atoms with E-state index in [2.05, 4.69) is 54.2 Å². The van der Waals surface area contributed by atoms with Gasteiger partial charge in [0.2, 0.25) is 0 Å². The van der Waals surface area contributed by atoms with Crippen molar-refractivity contribution in [1.29, 1.82) is 0 Å². The van der Waals surface area contributed by atoms with E-state index in [9.17, 15) is 0 Å². The van der Waals surface area contributed by atoms with E-state index in [1.54, 1.807) is 11.3 Å². The van der Waals surface area contributed by atoms with Crippen LogP contribution in [-0.4, -0.2) is 12.1 Å². The highest BCUT2D eigenvalue weighted by atomic mass is 79.9. The molecule has 0 bridgehead atoms. The quantitative estimate of drug-likeness (QED) is 0.851. The second-order valence-corrected chi connectivity index (χ2v) is 6.90. The van der Waals surface area contributed by atoms with E-state index in [0.717, 1.165) is 10.4 Å². The molecule has 0 spiro atoms. The monoisotopic (exact) mass is 275 g/mol. The third-order valence-electron chi connectivity index (χ3n) is 2.34. The molecule has 1 unspecified atom stereocenters. The lowest BCUT2D eigenvalue weighted by Crippen LogP contribution is -2.44. The number of thiophene rings is 1. The molecule has 2 nitrogen and oxygen atoms in total. The molecule has 78 valence electrons. The lowest BCUT2D eigenvalue weighted by Gasteiger charge is -2.25. The first-order chi connectivity index (χ1) is 6.41. The average molecular weight is 276 g/mol. The molecule has 2 rings (SSSR count). The molecule has 4 heteroatoms. The van der Waals surface area contributed by atoms with Gasteiger partial charge in [-0.15, -0.1) is 11.3 Å². The van der Waals surface area contributed by atoms with E-state index in [4.69, 9.17) is 4.74 Å². The standard InChI is InChI=1S/C10H14BrNOS/c1-9(2)6-13-10(3,12-9)7-4-5-8(11)14-7/h4-5,12H,6H2,1-3H3. The van der Waals surface area contributed by atoms with E-state index in [0.29, 0.717) is 0 Å². The number of hydrogen-bond donors (Lipinski definition) is 1. The van der Waals surface area contributed by atoms with Crippen LogP contribution in [0, 0.1) is 0 Å². The lowest BCUT2D eigenvalue weighted by molar-refractivity contribution is 0.00530. The summed E-state index contributed by atoms with van der Waals surface area (Å²) in [5.74, 6) is 0. The van der Waals surface area contributed by atoms with Crippen molar-refractivity contribution in [1.82, 2.24) is 5.32 Å². The summed E-state index contributed by atoms with van der Waals surface area (Å²) in [6.07, 6.45) is 0. The van der Waals surface area contributed by atoms with Gasteiger partial charge in [-0.25, -0.2) is 0 Å². The minimum atomic E-state index is -0.319. The number of hydrogen-bond acceptors (Lipinski definition) is 3. The van der Waals surface area contributed by atoms with Crippen molar-refractivity contribution in [2.45, 2.75) is 32.0 Å². The Kier molecular flexibility index (Phi) is 2.50. The van der Waals surface area contributed by atoms with Gasteiger partial charge >= 0.3 is 0 Å². The largest absolute Gasteiger partial charge is 0.354 e. The third-order valence-corrected chi connectivity index (χ3v) is 4.17. The van der Waals surface area contributed by atoms with Gasteiger partial charge in [0.25, 0.3) is 0 Å². The summed E-state index contributed by atoms with van der Waals surface area (Å²) in [7, 11) is 0. The first kappa shape index (κ1) is 10.6. The Labute approximate surface area is 96.8 Å². The van der Waals surface area contributed by atoms with Gasteiger partial charge in [-0.05, 0) is 48.8 Å². The van der Waals surface area contributed by atoms with Crippen molar-refractivity contribution in [3.05, 3.63) is 20.8 Å². The maximum Gasteiger partial charge on any atom is 0.152 e. The second-order valence-electron chi connectivity index (χ2n) is 4.43. The Morgan fingerprint density at radius 3 is 2.57 bits per heavy atom. The van der Waals surface area contributed by atoms with Crippen LogP contribution in [0.3, 0.4) is 0 Å². The SMILES string of the molecule is CC1(C)COC(C)(c2ccc(Br)s2)N1. The van der Waals surface area contributed by atoms with Crippen molar-refractivity contribution in [3.8, 4) is 0 Å². The molecule has 1 saturated heterocycles. The predicted molar refractivity (Wildman–Crippen MR) is 62.5 cm³/mol. The molecule has 0 radical (unpaired) electrons. The fraction of sp³-hybridized carbons (Fsp3) is 0.600.